The number of amides is 2. The highest BCUT2D eigenvalue weighted by Crippen LogP contribution is 2.30. The lowest BCUT2D eigenvalue weighted by molar-refractivity contribution is -0.0290. The summed E-state index contributed by atoms with van der Waals surface area (Å²) in [5.41, 5.74) is -0.705. The van der Waals surface area contributed by atoms with Crippen LogP contribution in [0.3, 0.4) is 0 Å². The number of carbonyl (C=O) groups is 1. The van der Waals surface area contributed by atoms with E-state index >= 15 is 0 Å². The SMILES string of the molecule is O=C(NCCCOc1ccc(F)cc1)NCC1(O)CCC1. The van der Waals surface area contributed by atoms with Gasteiger partial charge in [0, 0.05) is 13.1 Å². The first-order valence-corrected chi connectivity index (χ1v) is 7.20. The summed E-state index contributed by atoms with van der Waals surface area (Å²) in [6.07, 6.45) is 3.16. The molecule has 0 aromatic heterocycles. The summed E-state index contributed by atoms with van der Waals surface area (Å²) in [5, 5.41) is 15.2. The van der Waals surface area contributed by atoms with Crippen molar-refractivity contribution in [1.82, 2.24) is 10.6 Å². The molecule has 2 rings (SSSR count). The Bertz CT molecular complexity index is 460. The van der Waals surface area contributed by atoms with Crippen LogP contribution in [-0.4, -0.2) is 36.4 Å². The van der Waals surface area contributed by atoms with Crippen molar-refractivity contribution in [3.8, 4) is 5.75 Å². The van der Waals surface area contributed by atoms with E-state index in [-0.39, 0.29) is 11.8 Å². The summed E-state index contributed by atoms with van der Waals surface area (Å²) in [5.74, 6) is 0.307. The minimum absolute atomic E-state index is 0.280. The number of hydrogen-bond acceptors (Lipinski definition) is 3. The van der Waals surface area contributed by atoms with Gasteiger partial charge in [0.25, 0.3) is 0 Å². The van der Waals surface area contributed by atoms with Gasteiger partial charge in [-0.2, -0.15) is 0 Å². The van der Waals surface area contributed by atoms with Crippen molar-refractivity contribution in [1.29, 1.82) is 0 Å². The number of ether oxygens (including phenoxy) is 1. The molecule has 116 valence electrons. The second-order valence-electron chi connectivity index (χ2n) is 5.34. The fourth-order valence-electron chi connectivity index (χ4n) is 2.06. The van der Waals surface area contributed by atoms with Crippen LogP contribution in [-0.2, 0) is 0 Å². The summed E-state index contributed by atoms with van der Waals surface area (Å²) >= 11 is 0. The third-order valence-electron chi connectivity index (χ3n) is 3.55. The Kier molecular flexibility index (Phi) is 5.38. The molecule has 0 bridgehead atoms. The number of rotatable bonds is 7. The van der Waals surface area contributed by atoms with Gasteiger partial charge in [-0.1, -0.05) is 0 Å². The minimum atomic E-state index is -0.705. The van der Waals surface area contributed by atoms with Crippen molar-refractivity contribution in [2.45, 2.75) is 31.3 Å². The number of hydrogen-bond donors (Lipinski definition) is 3. The van der Waals surface area contributed by atoms with Gasteiger partial charge >= 0.3 is 6.03 Å². The number of benzene rings is 1. The maximum Gasteiger partial charge on any atom is 0.314 e. The number of halogens is 1. The summed E-state index contributed by atoms with van der Waals surface area (Å²) < 4.78 is 18.1. The van der Waals surface area contributed by atoms with E-state index in [9.17, 15) is 14.3 Å². The molecule has 0 aliphatic heterocycles. The smallest absolute Gasteiger partial charge is 0.314 e. The topological polar surface area (TPSA) is 70.6 Å². The largest absolute Gasteiger partial charge is 0.494 e. The maximum atomic E-state index is 12.7. The van der Waals surface area contributed by atoms with Crippen LogP contribution in [0, 0.1) is 5.82 Å². The second kappa shape index (κ2) is 7.26. The third-order valence-corrected chi connectivity index (χ3v) is 3.55. The van der Waals surface area contributed by atoms with E-state index in [1.165, 1.54) is 12.1 Å². The number of aliphatic hydroxyl groups is 1. The molecule has 0 unspecified atom stereocenters. The number of nitrogens with one attached hydrogen (secondary N) is 2. The number of urea groups is 1. The highest BCUT2D eigenvalue weighted by molar-refractivity contribution is 5.73. The molecule has 6 heteroatoms. The van der Waals surface area contributed by atoms with Gasteiger partial charge in [-0.3, -0.25) is 0 Å². The average Bonchev–Trinajstić information content (AvgIpc) is 2.44. The van der Waals surface area contributed by atoms with Crippen molar-refractivity contribution < 1.29 is 19.0 Å². The van der Waals surface area contributed by atoms with E-state index in [0.29, 0.717) is 31.9 Å². The Morgan fingerprint density at radius 1 is 1.29 bits per heavy atom. The van der Waals surface area contributed by atoms with Gasteiger partial charge in [0.15, 0.2) is 0 Å². The van der Waals surface area contributed by atoms with Crippen molar-refractivity contribution in [3.05, 3.63) is 30.1 Å². The third kappa shape index (κ3) is 5.23. The van der Waals surface area contributed by atoms with Crippen LogP contribution in [0.15, 0.2) is 24.3 Å². The van der Waals surface area contributed by atoms with Gasteiger partial charge in [-0.05, 0) is 49.9 Å². The molecule has 1 aromatic carbocycles. The van der Waals surface area contributed by atoms with E-state index in [2.05, 4.69) is 10.6 Å². The van der Waals surface area contributed by atoms with Crippen LogP contribution in [0.5, 0.6) is 5.75 Å². The van der Waals surface area contributed by atoms with Crippen LogP contribution >= 0.6 is 0 Å². The molecule has 1 aliphatic carbocycles. The lowest BCUT2D eigenvalue weighted by atomic mass is 9.80. The maximum absolute atomic E-state index is 12.7. The molecule has 0 saturated heterocycles. The quantitative estimate of drug-likeness (QED) is 0.672. The van der Waals surface area contributed by atoms with E-state index in [1.807, 2.05) is 0 Å². The molecule has 1 fully saturated rings. The Balaban J connectivity index is 1.51. The van der Waals surface area contributed by atoms with Gasteiger partial charge in [0.1, 0.15) is 11.6 Å². The highest BCUT2D eigenvalue weighted by Gasteiger charge is 2.34. The first-order chi connectivity index (χ1) is 10.1. The molecule has 0 atom stereocenters. The predicted octanol–water partition coefficient (Wildman–Crippen LogP) is 1.81. The molecule has 0 radical (unpaired) electrons. The van der Waals surface area contributed by atoms with Crippen LogP contribution in [0.4, 0.5) is 9.18 Å². The first-order valence-electron chi connectivity index (χ1n) is 7.20. The lowest BCUT2D eigenvalue weighted by Gasteiger charge is -2.36. The summed E-state index contributed by atoms with van der Waals surface area (Å²) in [7, 11) is 0. The monoisotopic (exact) mass is 296 g/mol. The highest BCUT2D eigenvalue weighted by atomic mass is 19.1. The van der Waals surface area contributed by atoms with Crippen LogP contribution in [0.2, 0.25) is 0 Å². The molecular weight excluding hydrogens is 275 g/mol. The van der Waals surface area contributed by atoms with Gasteiger partial charge in [0.05, 0.1) is 12.2 Å². The molecule has 0 spiro atoms. The molecule has 2 amide bonds. The second-order valence-corrected chi connectivity index (χ2v) is 5.34. The summed E-state index contributed by atoms with van der Waals surface area (Å²) in [6, 6.07) is 5.53. The average molecular weight is 296 g/mol. The molecule has 1 aromatic rings. The zero-order valence-electron chi connectivity index (χ0n) is 11.9. The molecule has 1 saturated carbocycles. The van der Waals surface area contributed by atoms with E-state index in [0.717, 1.165) is 19.3 Å². The molecule has 5 nitrogen and oxygen atoms in total. The minimum Gasteiger partial charge on any atom is -0.494 e. The summed E-state index contributed by atoms with van der Waals surface area (Å²) in [4.78, 5) is 11.5. The van der Waals surface area contributed by atoms with Crippen molar-refractivity contribution in [3.63, 3.8) is 0 Å². The fourth-order valence-corrected chi connectivity index (χ4v) is 2.06. The Hall–Kier alpha value is -1.82. The van der Waals surface area contributed by atoms with Gasteiger partial charge in [-0.15, -0.1) is 0 Å². The van der Waals surface area contributed by atoms with E-state index < -0.39 is 5.60 Å². The van der Waals surface area contributed by atoms with Crippen LogP contribution < -0.4 is 15.4 Å². The molecule has 21 heavy (non-hydrogen) atoms. The van der Waals surface area contributed by atoms with E-state index in [1.54, 1.807) is 12.1 Å². The Morgan fingerprint density at radius 2 is 2.00 bits per heavy atom. The summed E-state index contributed by atoms with van der Waals surface area (Å²) in [6.45, 7) is 1.21. The Labute approximate surface area is 123 Å². The Morgan fingerprint density at radius 3 is 2.62 bits per heavy atom. The standard InChI is InChI=1S/C15H21FN2O3/c16-12-3-5-13(6-4-12)21-10-2-9-17-14(19)18-11-15(20)7-1-8-15/h3-6,20H,1-2,7-11H2,(H2,17,18,19). The zero-order chi connectivity index (χ0) is 15.1. The van der Waals surface area contributed by atoms with Gasteiger partial charge in [-0.25, -0.2) is 9.18 Å². The number of carbonyl (C=O) groups excluding carboxylic acids is 1. The molecule has 3 N–H and O–H groups in total. The van der Waals surface area contributed by atoms with Crippen molar-refractivity contribution in [2.75, 3.05) is 19.7 Å². The normalized spacial score (nSPS) is 15.9. The van der Waals surface area contributed by atoms with Crippen LogP contribution in [0.1, 0.15) is 25.7 Å². The fraction of sp³-hybridized carbons (Fsp3) is 0.533. The molecular formula is C15H21FN2O3. The molecule has 0 heterocycles. The van der Waals surface area contributed by atoms with Gasteiger partial charge in [0.2, 0.25) is 0 Å². The van der Waals surface area contributed by atoms with Crippen molar-refractivity contribution >= 4 is 6.03 Å². The zero-order valence-corrected chi connectivity index (χ0v) is 11.9. The lowest BCUT2D eigenvalue weighted by Crippen LogP contribution is -2.50. The van der Waals surface area contributed by atoms with Crippen LogP contribution in [0.25, 0.3) is 0 Å². The van der Waals surface area contributed by atoms with Crippen molar-refractivity contribution in [2.24, 2.45) is 0 Å². The predicted molar refractivity (Wildman–Crippen MR) is 76.7 cm³/mol. The first kappa shape index (κ1) is 15.6. The van der Waals surface area contributed by atoms with Gasteiger partial charge < -0.3 is 20.5 Å². The molecule has 1 aliphatic rings. The van der Waals surface area contributed by atoms with E-state index in [4.69, 9.17) is 4.74 Å².